The molecular weight excluding hydrogens is 1440 g/mol. The lowest BCUT2D eigenvalue weighted by Gasteiger charge is -2.29. The van der Waals surface area contributed by atoms with Crippen LogP contribution in [0.5, 0.6) is 0 Å². The Bertz CT molecular complexity index is 4420. The zero-order valence-corrected chi connectivity index (χ0v) is 52.2. The summed E-state index contributed by atoms with van der Waals surface area (Å²) in [6.07, 6.45) is -36.7. The van der Waals surface area contributed by atoms with E-state index in [1.807, 2.05) is 0 Å². The molecule has 11 rings (SSSR count). The van der Waals surface area contributed by atoms with Crippen LogP contribution in [0.15, 0.2) is 251 Å². The van der Waals surface area contributed by atoms with Crippen molar-refractivity contribution in [1.29, 1.82) is 0 Å². The van der Waals surface area contributed by atoms with Crippen molar-refractivity contribution in [3.8, 4) is 44.5 Å². The number of benzene rings is 9. The molecule has 11 aromatic rings. The minimum Gasteiger partial charge on any atom is -0.309 e. The fraction of sp³-hybridized carbons (Fsp3) is 0.111. The van der Waals surface area contributed by atoms with E-state index in [1.54, 1.807) is 0 Å². The number of pyridine rings is 2. The number of nitrogens with zero attached hydrogens (tertiary/aromatic N) is 4. The molecule has 0 amide bonds. The summed E-state index contributed by atoms with van der Waals surface area (Å²) in [5, 5.41) is 0. The van der Waals surface area contributed by atoms with Crippen molar-refractivity contribution in [2.75, 3.05) is 9.80 Å². The lowest BCUT2D eigenvalue weighted by Crippen LogP contribution is -2.13. The van der Waals surface area contributed by atoms with Crippen LogP contribution in [0.3, 0.4) is 0 Å². The molecule has 0 radical (unpaired) electrons. The average Bonchev–Trinajstić information content (AvgIpc) is 0.777. The van der Waals surface area contributed by atoms with Gasteiger partial charge in [-0.3, -0.25) is 9.97 Å². The normalized spacial score (nSPS) is 12.8. The summed E-state index contributed by atoms with van der Waals surface area (Å²) in [5.74, 6) is 0. The summed E-state index contributed by atoms with van der Waals surface area (Å²) in [4.78, 5) is 10.6. The van der Waals surface area contributed by atoms with E-state index in [4.69, 9.17) is 0 Å². The first-order valence-corrected chi connectivity index (χ1v) is 30.7. The summed E-state index contributed by atoms with van der Waals surface area (Å²) in [7, 11) is 0. The topological polar surface area (TPSA) is 32.3 Å². The molecule has 0 fully saturated rings. The number of hydrogen-bond donors (Lipinski definition) is 0. The van der Waals surface area contributed by atoms with Crippen molar-refractivity contribution in [1.82, 2.24) is 9.97 Å². The SMILES string of the molecule is FC(F)(F)c1cc(Sc2ccc(-c3cc(-c4cc(C(F)(F)F)cc(C(F)(F)F)c4)cc(N(c4ccc(N(c5cccnc5)c5cc(-c6ccc(Sc7cc(C(F)(F)F)cc(C(F)(F)F)c7)cc6)cc(-c6cc(C(F)(F)F)cc(C(F)(F)F)c6)c5)cc4)c4cccnc4)c3)cc2)cc(C(F)(F)F)c1. The van der Waals surface area contributed by atoms with Crippen LogP contribution in [0, 0.1) is 0 Å². The summed E-state index contributed by atoms with van der Waals surface area (Å²) < 4.78 is 340. The van der Waals surface area contributed by atoms with E-state index in [0.717, 1.165) is 0 Å². The second kappa shape index (κ2) is 27.3. The Morgan fingerprint density at radius 2 is 0.441 bits per heavy atom. The van der Waals surface area contributed by atoms with Crippen molar-refractivity contribution < 1.29 is 105 Å². The second-order valence-corrected chi connectivity index (χ2v) is 24.8. The third kappa shape index (κ3) is 17.1. The molecule has 2 heterocycles. The highest BCUT2D eigenvalue weighted by Crippen LogP contribution is 2.49. The van der Waals surface area contributed by atoms with Gasteiger partial charge in [-0.2, -0.15) is 105 Å². The summed E-state index contributed by atoms with van der Waals surface area (Å²) in [6.45, 7) is 0. The van der Waals surface area contributed by atoms with Crippen molar-refractivity contribution in [3.05, 3.63) is 276 Å². The van der Waals surface area contributed by atoms with Gasteiger partial charge in [0.25, 0.3) is 0 Å². The van der Waals surface area contributed by atoms with Gasteiger partial charge >= 0.3 is 49.4 Å². The van der Waals surface area contributed by atoms with Crippen LogP contribution in [0.2, 0.25) is 0 Å². The lowest BCUT2D eigenvalue weighted by atomic mass is 9.94. The third-order valence-electron chi connectivity index (χ3n) is 15.3. The van der Waals surface area contributed by atoms with Crippen LogP contribution in [0.4, 0.5) is 139 Å². The molecule has 0 aliphatic heterocycles. The molecule has 0 atom stereocenters. The number of aromatic nitrogens is 2. The van der Waals surface area contributed by atoms with Gasteiger partial charge in [-0.05, 0) is 226 Å². The van der Waals surface area contributed by atoms with Crippen LogP contribution >= 0.6 is 23.5 Å². The molecule has 0 unspecified atom stereocenters. The Balaban J connectivity index is 1.06. The summed E-state index contributed by atoms with van der Waals surface area (Å²) in [5.41, 5.74) is -13.8. The number of hydrogen-bond acceptors (Lipinski definition) is 6. The van der Waals surface area contributed by atoms with E-state index >= 15 is 0 Å². The molecule has 526 valence electrons. The quantitative estimate of drug-likeness (QED) is 0.101. The molecular formula is C72H38F24N4S2. The zero-order chi connectivity index (χ0) is 73.9. The Labute approximate surface area is 569 Å². The molecule has 0 spiro atoms. The molecule has 0 saturated heterocycles. The number of rotatable bonds is 14. The fourth-order valence-electron chi connectivity index (χ4n) is 10.7. The number of halogens is 24. The van der Waals surface area contributed by atoms with Crippen molar-refractivity contribution in [3.63, 3.8) is 0 Å². The summed E-state index contributed by atoms with van der Waals surface area (Å²) in [6, 6.07) is 33.7. The van der Waals surface area contributed by atoms with E-state index in [2.05, 4.69) is 9.97 Å². The molecule has 0 aliphatic carbocycles. The Morgan fingerprint density at radius 1 is 0.206 bits per heavy atom. The maximum absolute atomic E-state index is 14.5. The highest BCUT2D eigenvalue weighted by atomic mass is 32.2. The number of alkyl halides is 24. The molecule has 102 heavy (non-hydrogen) atoms. The summed E-state index contributed by atoms with van der Waals surface area (Å²) >= 11 is 1.01. The van der Waals surface area contributed by atoms with E-state index < -0.39 is 115 Å². The second-order valence-electron chi connectivity index (χ2n) is 22.5. The maximum Gasteiger partial charge on any atom is 0.416 e. The monoisotopic (exact) mass is 1480 g/mol. The maximum atomic E-state index is 14.5. The van der Waals surface area contributed by atoms with E-state index in [0.29, 0.717) is 72.1 Å². The van der Waals surface area contributed by atoms with Crippen molar-refractivity contribution in [2.45, 2.75) is 69.0 Å². The molecule has 0 aliphatic rings. The van der Waals surface area contributed by atoms with Crippen molar-refractivity contribution >= 4 is 57.6 Å². The lowest BCUT2D eigenvalue weighted by molar-refractivity contribution is -0.145. The first-order valence-electron chi connectivity index (χ1n) is 29.1. The highest BCUT2D eigenvalue weighted by molar-refractivity contribution is 7.99. The molecule has 2 aromatic heterocycles. The van der Waals surface area contributed by atoms with E-state index in [-0.39, 0.29) is 102 Å². The standard InChI is InChI=1S/C72H38F24N4S2/c73-65(74,75)47-21-45(22-48(29-47)66(76,77)78)43-19-41(39-5-13-61(14-6-39)101-63-33-51(69(85,86)87)31-52(34-63)70(88,89)90)25-59(27-43)99(57-3-1-17-97-37-57)55-9-11-56(12-10-55)100(58-4-2-18-98-38-58)60-26-42(20-44(28-60)46-23-49(67(79,80)81)30-50(24-46)68(82,83)84)40-7-15-62(16-8-40)102-64-35-53(71(91,92)93)32-54(36-64)72(94,95)96/h1-38H. The van der Waals surface area contributed by atoms with Gasteiger partial charge in [0.1, 0.15) is 0 Å². The smallest absolute Gasteiger partial charge is 0.309 e. The Kier molecular flexibility index (Phi) is 19.6. The van der Waals surface area contributed by atoms with Gasteiger partial charge in [-0.25, -0.2) is 0 Å². The van der Waals surface area contributed by atoms with Crippen LogP contribution < -0.4 is 9.80 Å². The average molecular weight is 1480 g/mol. The molecule has 4 nitrogen and oxygen atoms in total. The Hall–Kier alpha value is -10.1. The predicted molar refractivity (Wildman–Crippen MR) is 334 cm³/mol. The van der Waals surface area contributed by atoms with Gasteiger partial charge in [-0.15, -0.1) is 0 Å². The zero-order valence-electron chi connectivity index (χ0n) is 50.6. The molecule has 0 N–H and O–H groups in total. The van der Waals surface area contributed by atoms with Crippen molar-refractivity contribution in [2.24, 2.45) is 0 Å². The highest BCUT2D eigenvalue weighted by Gasteiger charge is 2.42. The molecule has 0 saturated carbocycles. The predicted octanol–water partition coefficient (Wildman–Crippen LogP) is 26.5. The van der Waals surface area contributed by atoms with E-state index in [9.17, 15) is 105 Å². The Morgan fingerprint density at radius 3 is 0.676 bits per heavy atom. The third-order valence-corrected chi connectivity index (χ3v) is 17.3. The van der Waals surface area contributed by atoms with Crippen LogP contribution in [-0.4, -0.2) is 9.97 Å². The largest absolute Gasteiger partial charge is 0.416 e. The molecule has 9 aromatic carbocycles. The van der Waals surface area contributed by atoms with E-state index in [1.165, 1.54) is 168 Å². The van der Waals surface area contributed by atoms with Gasteiger partial charge in [0.2, 0.25) is 0 Å². The van der Waals surface area contributed by atoms with Gasteiger partial charge in [0, 0.05) is 54.7 Å². The first-order chi connectivity index (χ1) is 47.5. The van der Waals surface area contributed by atoms with Crippen LogP contribution in [0.1, 0.15) is 44.5 Å². The molecule has 30 heteroatoms. The minimum absolute atomic E-state index is 0.00221. The van der Waals surface area contributed by atoms with Crippen LogP contribution in [0.25, 0.3) is 44.5 Å². The van der Waals surface area contributed by atoms with Gasteiger partial charge in [-0.1, -0.05) is 47.8 Å². The molecule has 0 bridgehead atoms. The van der Waals surface area contributed by atoms with Gasteiger partial charge in [0.05, 0.1) is 68.3 Å². The first kappa shape index (κ1) is 73.1. The van der Waals surface area contributed by atoms with Gasteiger partial charge < -0.3 is 9.80 Å². The minimum atomic E-state index is -5.33. The van der Waals surface area contributed by atoms with Gasteiger partial charge in [0.15, 0.2) is 0 Å². The van der Waals surface area contributed by atoms with Crippen LogP contribution in [-0.2, 0) is 49.4 Å². The fourth-order valence-corrected chi connectivity index (χ4v) is 12.5. The number of anilines is 6.